The van der Waals surface area contributed by atoms with Crippen molar-refractivity contribution in [3.8, 4) is 5.75 Å². The summed E-state index contributed by atoms with van der Waals surface area (Å²) >= 11 is 0. The zero-order valence-corrected chi connectivity index (χ0v) is 12.0. The second-order valence-corrected chi connectivity index (χ2v) is 5.10. The van der Waals surface area contributed by atoms with Crippen molar-refractivity contribution >= 4 is 5.91 Å². The van der Waals surface area contributed by atoms with Crippen molar-refractivity contribution in [3.05, 3.63) is 29.8 Å². The zero-order chi connectivity index (χ0) is 14.5. The van der Waals surface area contributed by atoms with E-state index in [0.29, 0.717) is 6.42 Å². The van der Waals surface area contributed by atoms with Crippen LogP contribution in [0.4, 0.5) is 0 Å². The molecule has 1 fully saturated rings. The van der Waals surface area contributed by atoms with Crippen LogP contribution < -0.4 is 10.5 Å². The van der Waals surface area contributed by atoms with E-state index in [1.807, 2.05) is 24.3 Å². The molecule has 1 aromatic rings. The van der Waals surface area contributed by atoms with Crippen LogP contribution in [0, 0.1) is 0 Å². The van der Waals surface area contributed by atoms with Gasteiger partial charge in [-0.3, -0.25) is 9.69 Å². The Balaban J connectivity index is 1.92. The molecule has 1 saturated heterocycles. The molecule has 0 aliphatic carbocycles. The van der Waals surface area contributed by atoms with Gasteiger partial charge >= 0.3 is 0 Å². The first kappa shape index (κ1) is 14.8. The highest BCUT2D eigenvalue weighted by Crippen LogP contribution is 2.20. The normalized spacial score (nSPS) is 22.9. The van der Waals surface area contributed by atoms with E-state index < -0.39 is 0 Å². The quantitative estimate of drug-likeness (QED) is 0.836. The fourth-order valence-corrected chi connectivity index (χ4v) is 2.64. The maximum absolute atomic E-state index is 11.5. The molecule has 0 bridgehead atoms. The minimum atomic E-state index is -0.265. The molecule has 5 heteroatoms. The van der Waals surface area contributed by atoms with Gasteiger partial charge in [-0.1, -0.05) is 12.1 Å². The first-order valence-corrected chi connectivity index (χ1v) is 6.83. The van der Waals surface area contributed by atoms with Gasteiger partial charge in [0.15, 0.2) is 0 Å². The fourth-order valence-electron chi connectivity index (χ4n) is 2.64. The lowest BCUT2D eigenvalue weighted by molar-refractivity contribution is -0.122. The lowest BCUT2D eigenvalue weighted by Crippen LogP contribution is -2.41. The molecular weight excluding hydrogens is 256 g/mol. The minimum absolute atomic E-state index is 0.100. The molecule has 1 heterocycles. The van der Waals surface area contributed by atoms with Crippen molar-refractivity contribution in [2.24, 2.45) is 5.73 Å². The second kappa shape index (κ2) is 6.72. The number of methoxy groups -OCH3 is 2. The molecule has 2 N–H and O–H groups in total. The number of nitrogens with two attached hydrogens (primary N) is 1. The number of carbonyl (C=O) groups excluding carboxylic acids is 1. The average Bonchev–Trinajstić information content (AvgIpc) is 2.89. The number of ether oxygens (including phenoxy) is 2. The van der Waals surface area contributed by atoms with Gasteiger partial charge in [0.2, 0.25) is 5.91 Å². The zero-order valence-electron chi connectivity index (χ0n) is 12.0. The van der Waals surface area contributed by atoms with E-state index in [9.17, 15) is 4.79 Å². The van der Waals surface area contributed by atoms with E-state index in [2.05, 4.69) is 4.90 Å². The van der Waals surface area contributed by atoms with Gasteiger partial charge in [-0.15, -0.1) is 0 Å². The van der Waals surface area contributed by atoms with Crippen LogP contribution >= 0.6 is 0 Å². The molecule has 110 valence electrons. The molecule has 20 heavy (non-hydrogen) atoms. The lowest BCUT2D eigenvalue weighted by atomic mass is 10.1. The first-order chi connectivity index (χ1) is 9.63. The number of nitrogens with zero attached hydrogens (tertiary/aromatic N) is 1. The Morgan fingerprint density at radius 3 is 2.60 bits per heavy atom. The summed E-state index contributed by atoms with van der Waals surface area (Å²) in [5.41, 5.74) is 6.68. The van der Waals surface area contributed by atoms with E-state index in [0.717, 1.165) is 25.3 Å². The number of benzene rings is 1. The largest absolute Gasteiger partial charge is 0.497 e. The highest BCUT2D eigenvalue weighted by Gasteiger charge is 2.35. The van der Waals surface area contributed by atoms with Crippen LogP contribution in [0.15, 0.2) is 24.3 Å². The highest BCUT2D eigenvalue weighted by molar-refractivity contribution is 5.80. The van der Waals surface area contributed by atoms with Gasteiger partial charge in [0.1, 0.15) is 5.75 Å². The standard InChI is InChI=1S/C15H22N2O3/c1-19-12-5-3-11(4-6-12)7-8-17-10-13(20-2)9-14(17)15(16)18/h3-6,13-14H,7-10H2,1-2H3,(H2,16,18)/t13-,14-/m0/s1. The number of primary amides is 1. The maximum atomic E-state index is 11.5. The van der Waals surface area contributed by atoms with Gasteiger partial charge < -0.3 is 15.2 Å². The molecule has 1 amide bonds. The Morgan fingerprint density at radius 2 is 2.05 bits per heavy atom. The number of rotatable bonds is 6. The number of hydrogen-bond acceptors (Lipinski definition) is 4. The van der Waals surface area contributed by atoms with Gasteiger partial charge in [-0.2, -0.15) is 0 Å². The number of amides is 1. The number of hydrogen-bond donors (Lipinski definition) is 1. The molecule has 2 rings (SSSR count). The van der Waals surface area contributed by atoms with Crippen molar-refractivity contribution in [2.75, 3.05) is 27.3 Å². The van der Waals surface area contributed by atoms with Crippen molar-refractivity contribution in [2.45, 2.75) is 25.0 Å². The average molecular weight is 278 g/mol. The van der Waals surface area contributed by atoms with Gasteiger partial charge in [0.05, 0.1) is 19.3 Å². The van der Waals surface area contributed by atoms with Crippen LogP contribution in [0.2, 0.25) is 0 Å². The first-order valence-electron chi connectivity index (χ1n) is 6.83. The van der Waals surface area contributed by atoms with E-state index in [4.69, 9.17) is 15.2 Å². The van der Waals surface area contributed by atoms with Gasteiger partial charge in [0.25, 0.3) is 0 Å². The molecule has 1 aromatic carbocycles. The summed E-state index contributed by atoms with van der Waals surface area (Å²) < 4.78 is 10.5. The molecule has 0 saturated carbocycles. The van der Waals surface area contributed by atoms with Crippen molar-refractivity contribution < 1.29 is 14.3 Å². The topological polar surface area (TPSA) is 64.8 Å². The summed E-state index contributed by atoms with van der Waals surface area (Å²) in [5.74, 6) is 0.587. The molecule has 0 aromatic heterocycles. The monoisotopic (exact) mass is 278 g/mol. The van der Waals surface area contributed by atoms with Crippen LogP contribution in [0.1, 0.15) is 12.0 Å². The molecule has 0 spiro atoms. The summed E-state index contributed by atoms with van der Waals surface area (Å²) in [6, 6.07) is 7.77. The SMILES string of the molecule is COc1ccc(CCN2C[C@@H](OC)C[C@H]2C(N)=O)cc1. The number of likely N-dealkylation sites (tertiary alicyclic amines) is 1. The minimum Gasteiger partial charge on any atom is -0.497 e. The van der Waals surface area contributed by atoms with Crippen molar-refractivity contribution in [1.29, 1.82) is 0 Å². The van der Waals surface area contributed by atoms with Gasteiger partial charge in [0, 0.05) is 20.2 Å². The molecule has 0 unspecified atom stereocenters. The predicted molar refractivity (Wildman–Crippen MR) is 76.7 cm³/mol. The van der Waals surface area contributed by atoms with Crippen LogP contribution in [-0.2, 0) is 16.0 Å². The molecule has 2 atom stereocenters. The summed E-state index contributed by atoms with van der Waals surface area (Å²) in [7, 11) is 3.33. The summed E-state index contributed by atoms with van der Waals surface area (Å²) in [4.78, 5) is 13.6. The smallest absolute Gasteiger partial charge is 0.234 e. The summed E-state index contributed by atoms with van der Waals surface area (Å²) in [5, 5.41) is 0. The van der Waals surface area contributed by atoms with E-state index in [-0.39, 0.29) is 18.1 Å². The molecule has 1 aliphatic rings. The summed E-state index contributed by atoms with van der Waals surface area (Å²) in [6.07, 6.45) is 1.67. The second-order valence-electron chi connectivity index (χ2n) is 5.10. The lowest BCUT2D eigenvalue weighted by Gasteiger charge is -2.21. The predicted octanol–water partition coefficient (Wildman–Crippen LogP) is 0.812. The maximum Gasteiger partial charge on any atom is 0.234 e. The summed E-state index contributed by atoms with van der Waals surface area (Å²) in [6.45, 7) is 1.57. The highest BCUT2D eigenvalue weighted by atomic mass is 16.5. The van der Waals surface area contributed by atoms with Gasteiger partial charge in [-0.05, 0) is 30.5 Å². The van der Waals surface area contributed by atoms with Crippen LogP contribution in [0.25, 0.3) is 0 Å². The Labute approximate surface area is 119 Å². The van der Waals surface area contributed by atoms with Crippen LogP contribution in [0.5, 0.6) is 5.75 Å². The van der Waals surface area contributed by atoms with Crippen molar-refractivity contribution in [1.82, 2.24) is 4.90 Å². The Morgan fingerprint density at radius 1 is 1.35 bits per heavy atom. The Kier molecular flexibility index (Phi) is 4.98. The Bertz CT molecular complexity index is 447. The fraction of sp³-hybridized carbons (Fsp3) is 0.533. The van der Waals surface area contributed by atoms with Gasteiger partial charge in [-0.25, -0.2) is 0 Å². The van der Waals surface area contributed by atoms with Crippen LogP contribution in [-0.4, -0.2) is 50.3 Å². The third-order valence-corrected chi connectivity index (χ3v) is 3.87. The van der Waals surface area contributed by atoms with Crippen LogP contribution in [0.3, 0.4) is 0 Å². The van der Waals surface area contributed by atoms with Crippen molar-refractivity contribution in [3.63, 3.8) is 0 Å². The Hall–Kier alpha value is -1.59. The third kappa shape index (κ3) is 3.49. The van der Waals surface area contributed by atoms with E-state index >= 15 is 0 Å². The molecule has 1 aliphatic heterocycles. The molecular formula is C15H22N2O3. The van der Waals surface area contributed by atoms with E-state index in [1.54, 1.807) is 14.2 Å². The van der Waals surface area contributed by atoms with E-state index in [1.165, 1.54) is 5.56 Å². The molecule has 0 radical (unpaired) electrons. The third-order valence-electron chi connectivity index (χ3n) is 3.87. The number of carbonyl (C=O) groups is 1. The molecule has 5 nitrogen and oxygen atoms in total.